The van der Waals surface area contributed by atoms with E-state index in [1.54, 1.807) is 12.4 Å². The maximum absolute atomic E-state index is 5.33. The molecule has 0 amide bonds. The lowest BCUT2D eigenvalue weighted by atomic mass is 10.5. The maximum Gasteiger partial charge on any atom is 0.316 e. The Labute approximate surface area is 76.6 Å². The molecular weight excluding hydrogens is 172 g/mol. The number of aromatic nitrogens is 2. The van der Waals surface area contributed by atoms with Crippen LogP contribution in [0, 0.1) is 5.92 Å². The molecule has 0 N–H and O–H groups in total. The summed E-state index contributed by atoms with van der Waals surface area (Å²) in [5, 5.41) is 0. The monoisotopic (exact) mass is 182 g/mol. The van der Waals surface area contributed by atoms with Crippen molar-refractivity contribution in [3.05, 3.63) is 12.4 Å². The number of ether oxygens (including phenoxy) is 1. The minimum Gasteiger partial charge on any atom is -0.463 e. The van der Waals surface area contributed by atoms with Crippen molar-refractivity contribution in [3.63, 3.8) is 0 Å². The Morgan fingerprint density at radius 2 is 2.08 bits per heavy atom. The molecule has 0 atom stereocenters. The van der Waals surface area contributed by atoms with E-state index in [9.17, 15) is 0 Å². The average Bonchev–Trinajstić information content (AvgIpc) is 2.87. The molecule has 3 nitrogen and oxygen atoms in total. The molecule has 0 radical (unpaired) electrons. The summed E-state index contributed by atoms with van der Waals surface area (Å²) in [6.45, 7) is 0.756. The van der Waals surface area contributed by atoms with Gasteiger partial charge in [0.1, 0.15) is 0 Å². The largest absolute Gasteiger partial charge is 0.463 e. The van der Waals surface area contributed by atoms with Crippen molar-refractivity contribution in [3.8, 4) is 6.01 Å². The van der Waals surface area contributed by atoms with Crippen LogP contribution in [-0.4, -0.2) is 16.6 Å². The molecule has 0 bridgehead atoms. The summed E-state index contributed by atoms with van der Waals surface area (Å²) < 4.78 is 5.33. The van der Waals surface area contributed by atoms with Gasteiger partial charge in [0.05, 0.1) is 6.61 Å². The molecule has 1 aliphatic rings. The Morgan fingerprint density at radius 3 is 2.67 bits per heavy atom. The smallest absolute Gasteiger partial charge is 0.316 e. The molecule has 2 rings (SSSR count). The summed E-state index contributed by atoms with van der Waals surface area (Å²) in [4.78, 5) is 8.69. The van der Waals surface area contributed by atoms with Gasteiger partial charge in [0, 0.05) is 17.3 Å². The molecule has 1 aromatic heterocycles. The van der Waals surface area contributed by atoms with Crippen LogP contribution in [0.5, 0.6) is 6.01 Å². The van der Waals surface area contributed by atoms with Gasteiger partial charge in [0.2, 0.25) is 0 Å². The highest BCUT2D eigenvalue weighted by Crippen LogP contribution is 2.28. The minimum absolute atomic E-state index is 0.458. The molecule has 0 aromatic carbocycles. The zero-order valence-electron chi connectivity index (χ0n) is 6.60. The zero-order chi connectivity index (χ0) is 8.39. The van der Waals surface area contributed by atoms with Crippen LogP contribution in [-0.2, 0) is 0 Å². The van der Waals surface area contributed by atoms with Gasteiger partial charge >= 0.3 is 6.01 Å². The number of rotatable bonds is 3. The quantitative estimate of drug-likeness (QED) is 0.720. The Kier molecular flexibility index (Phi) is 2.17. The van der Waals surface area contributed by atoms with E-state index in [4.69, 9.17) is 4.74 Å². The van der Waals surface area contributed by atoms with Crippen molar-refractivity contribution in [2.24, 2.45) is 5.92 Å². The Hall–Kier alpha value is -0.770. The molecule has 1 aliphatic carbocycles. The normalized spacial score (nSPS) is 16.1. The lowest BCUT2D eigenvalue weighted by molar-refractivity contribution is 0.275. The first-order valence-electron chi connectivity index (χ1n) is 3.98. The fraction of sp³-hybridized carbons (Fsp3) is 0.500. The molecule has 1 aromatic rings. The van der Waals surface area contributed by atoms with Gasteiger partial charge in [-0.1, -0.05) is 0 Å². The molecule has 1 fully saturated rings. The summed E-state index contributed by atoms with van der Waals surface area (Å²) in [6.07, 6.45) is 5.84. The molecule has 1 heterocycles. The molecule has 0 spiro atoms. The third kappa shape index (κ3) is 2.11. The van der Waals surface area contributed by atoms with Crippen molar-refractivity contribution in [1.29, 1.82) is 0 Å². The van der Waals surface area contributed by atoms with Crippen LogP contribution in [0.25, 0.3) is 0 Å². The molecule has 4 heteroatoms. The Balaban J connectivity index is 1.89. The number of hydrogen-bond acceptors (Lipinski definition) is 4. The van der Waals surface area contributed by atoms with Crippen LogP contribution in [0.1, 0.15) is 12.8 Å². The number of thiol groups is 1. The van der Waals surface area contributed by atoms with E-state index in [-0.39, 0.29) is 0 Å². The first-order chi connectivity index (χ1) is 5.84. The van der Waals surface area contributed by atoms with Gasteiger partial charge in [-0.15, -0.1) is 12.6 Å². The molecule has 64 valence electrons. The molecule has 0 unspecified atom stereocenters. The van der Waals surface area contributed by atoms with Crippen LogP contribution in [0.15, 0.2) is 17.3 Å². The van der Waals surface area contributed by atoms with E-state index in [1.165, 1.54) is 12.8 Å². The summed E-state index contributed by atoms with van der Waals surface area (Å²) in [7, 11) is 0. The van der Waals surface area contributed by atoms with Gasteiger partial charge < -0.3 is 4.74 Å². The summed E-state index contributed by atoms with van der Waals surface area (Å²) in [5.41, 5.74) is 0. The lowest BCUT2D eigenvalue weighted by Crippen LogP contribution is -2.01. The van der Waals surface area contributed by atoms with Gasteiger partial charge in [-0.05, 0) is 18.8 Å². The zero-order valence-corrected chi connectivity index (χ0v) is 7.50. The summed E-state index contributed by atoms with van der Waals surface area (Å²) in [6, 6.07) is 0.458. The van der Waals surface area contributed by atoms with E-state index >= 15 is 0 Å². The topological polar surface area (TPSA) is 35.0 Å². The predicted octanol–water partition coefficient (Wildman–Crippen LogP) is 1.55. The second-order valence-electron chi connectivity index (χ2n) is 2.98. The van der Waals surface area contributed by atoms with E-state index < -0.39 is 0 Å². The predicted molar refractivity (Wildman–Crippen MR) is 47.5 cm³/mol. The first-order valence-corrected chi connectivity index (χ1v) is 4.43. The number of nitrogens with zero attached hydrogens (tertiary/aromatic N) is 2. The molecule has 12 heavy (non-hydrogen) atoms. The molecule has 0 aliphatic heterocycles. The van der Waals surface area contributed by atoms with Crippen molar-refractivity contribution >= 4 is 12.6 Å². The third-order valence-corrected chi connectivity index (χ3v) is 1.99. The Bertz CT molecular complexity index is 258. The first kappa shape index (κ1) is 7.86. The van der Waals surface area contributed by atoms with Crippen molar-refractivity contribution in [2.75, 3.05) is 6.61 Å². The molecule has 0 saturated heterocycles. The van der Waals surface area contributed by atoms with Gasteiger partial charge in [-0.25, -0.2) is 9.97 Å². The fourth-order valence-corrected chi connectivity index (χ4v) is 0.976. The second kappa shape index (κ2) is 3.31. The summed E-state index contributed by atoms with van der Waals surface area (Å²) in [5.74, 6) is 0.740. The van der Waals surface area contributed by atoms with Crippen molar-refractivity contribution in [2.45, 2.75) is 17.7 Å². The van der Waals surface area contributed by atoms with Crippen LogP contribution < -0.4 is 4.74 Å². The minimum atomic E-state index is 0.458. The highest BCUT2D eigenvalue weighted by molar-refractivity contribution is 7.80. The number of hydrogen-bond donors (Lipinski definition) is 1. The van der Waals surface area contributed by atoms with E-state index in [0.29, 0.717) is 6.01 Å². The third-order valence-electron chi connectivity index (χ3n) is 1.76. The average molecular weight is 182 g/mol. The van der Waals surface area contributed by atoms with Gasteiger partial charge in [-0.3, -0.25) is 0 Å². The highest BCUT2D eigenvalue weighted by Gasteiger charge is 2.22. The standard InChI is InChI=1S/C8H10N2OS/c12-7-3-9-8(10-4-7)11-5-6-1-2-6/h3-4,6,12H,1-2,5H2. The van der Waals surface area contributed by atoms with E-state index in [0.717, 1.165) is 17.4 Å². The van der Waals surface area contributed by atoms with Crippen molar-refractivity contribution < 1.29 is 4.74 Å². The highest BCUT2D eigenvalue weighted by atomic mass is 32.1. The summed E-state index contributed by atoms with van der Waals surface area (Å²) >= 11 is 4.07. The van der Waals surface area contributed by atoms with Crippen LogP contribution in [0.4, 0.5) is 0 Å². The van der Waals surface area contributed by atoms with Crippen LogP contribution >= 0.6 is 12.6 Å². The van der Waals surface area contributed by atoms with E-state index in [1.807, 2.05) is 0 Å². The van der Waals surface area contributed by atoms with E-state index in [2.05, 4.69) is 22.6 Å². The van der Waals surface area contributed by atoms with Gasteiger partial charge in [0.15, 0.2) is 0 Å². The van der Waals surface area contributed by atoms with Gasteiger partial charge in [0.25, 0.3) is 0 Å². The van der Waals surface area contributed by atoms with Crippen LogP contribution in [0.3, 0.4) is 0 Å². The van der Waals surface area contributed by atoms with Crippen molar-refractivity contribution in [1.82, 2.24) is 9.97 Å². The maximum atomic E-state index is 5.33. The van der Waals surface area contributed by atoms with Gasteiger partial charge in [-0.2, -0.15) is 0 Å². The Morgan fingerprint density at radius 1 is 1.42 bits per heavy atom. The molecular formula is C8H10N2OS. The second-order valence-corrected chi connectivity index (χ2v) is 3.49. The SMILES string of the molecule is Sc1cnc(OCC2CC2)nc1. The van der Waals surface area contributed by atoms with Crippen LogP contribution in [0.2, 0.25) is 0 Å². The fourth-order valence-electron chi connectivity index (χ4n) is 0.861. The lowest BCUT2D eigenvalue weighted by Gasteiger charge is -2.01. The molecule has 1 saturated carbocycles.